The molecule has 1 heterocycles. The van der Waals surface area contributed by atoms with Gasteiger partial charge in [-0.25, -0.2) is 0 Å². The first-order valence-corrected chi connectivity index (χ1v) is 6.36. The molecular weight excluding hydrogens is 218 g/mol. The zero-order chi connectivity index (χ0) is 10.8. The number of hydrogen-bond donors (Lipinski definition) is 1. The molecule has 1 saturated heterocycles. The normalized spacial score (nSPS) is 21.4. The Morgan fingerprint density at radius 3 is 2.57 bits per heavy atom. The molecule has 5 heteroatoms. The zero-order valence-electron chi connectivity index (χ0n) is 8.62. The Bertz CT molecular complexity index is 240. The molecule has 80 valence electrons. The predicted molar refractivity (Wildman–Crippen MR) is 61.4 cm³/mol. The molecule has 0 spiro atoms. The van der Waals surface area contributed by atoms with Gasteiger partial charge in [-0.2, -0.15) is 0 Å². The molecule has 0 bridgehead atoms. The number of thioether (sulfide) groups is 2. The number of hydrogen-bond acceptors (Lipinski definition) is 4. The molecule has 1 amide bonds. The third-order valence-corrected chi connectivity index (χ3v) is 4.02. The Kier molecular flexibility index (Phi) is 3.89. The van der Waals surface area contributed by atoms with Gasteiger partial charge < -0.3 is 5.32 Å². The molecule has 0 aliphatic carbocycles. The Balaban J connectivity index is 2.14. The van der Waals surface area contributed by atoms with Crippen molar-refractivity contribution in [1.82, 2.24) is 5.32 Å². The second kappa shape index (κ2) is 4.57. The highest BCUT2D eigenvalue weighted by Gasteiger charge is 2.28. The Morgan fingerprint density at radius 2 is 2.14 bits per heavy atom. The van der Waals surface area contributed by atoms with Crippen molar-refractivity contribution in [3.63, 3.8) is 0 Å². The fraction of sp³-hybridized carbons (Fsp3) is 0.778. The predicted octanol–water partition coefficient (Wildman–Crippen LogP) is 1.62. The van der Waals surface area contributed by atoms with Crippen LogP contribution in [0.3, 0.4) is 0 Å². The number of nitrogens with one attached hydrogen (secondary N) is 1. The molecule has 0 aromatic carbocycles. The molecule has 3 nitrogen and oxygen atoms in total. The highest BCUT2D eigenvalue weighted by atomic mass is 32.2. The van der Waals surface area contributed by atoms with Crippen LogP contribution in [0.1, 0.15) is 27.2 Å². The van der Waals surface area contributed by atoms with Crippen molar-refractivity contribution in [2.75, 3.05) is 5.75 Å². The molecule has 1 aliphatic rings. The van der Waals surface area contributed by atoms with Crippen molar-refractivity contribution in [2.24, 2.45) is 0 Å². The molecule has 14 heavy (non-hydrogen) atoms. The second-order valence-corrected chi connectivity index (χ2v) is 7.21. The lowest BCUT2D eigenvalue weighted by Gasteiger charge is -2.25. The molecule has 0 radical (unpaired) electrons. The maximum Gasteiger partial charge on any atom is 0.223 e. The van der Waals surface area contributed by atoms with Gasteiger partial charge in [0, 0.05) is 4.75 Å². The maximum absolute atomic E-state index is 11.4. The van der Waals surface area contributed by atoms with Crippen LogP contribution in [0.4, 0.5) is 0 Å². The Hall–Kier alpha value is -0.160. The van der Waals surface area contributed by atoms with Gasteiger partial charge in [-0.3, -0.25) is 9.59 Å². The summed E-state index contributed by atoms with van der Waals surface area (Å²) in [5.74, 6) is 0.555. The van der Waals surface area contributed by atoms with Crippen LogP contribution < -0.4 is 5.32 Å². The van der Waals surface area contributed by atoms with E-state index in [1.165, 1.54) is 11.8 Å². The summed E-state index contributed by atoms with van der Waals surface area (Å²) in [6, 6.07) is 0. The first-order valence-electron chi connectivity index (χ1n) is 4.49. The quantitative estimate of drug-likeness (QED) is 0.753. The minimum atomic E-state index is 0.0237. The van der Waals surface area contributed by atoms with Crippen LogP contribution in [0, 0.1) is 0 Å². The highest BCUT2D eigenvalue weighted by Crippen LogP contribution is 2.27. The second-order valence-electron chi connectivity index (χ2n) is 4.15. The summed E-state index contributed by atoms with van der Waals surface area (Å²) in [6.07, 6.45) is 0.483. The van der Waals surface area contributed by atoms with Gasteiger partial charge in [0.1, 0.15) is 0 Å². The molecule has 1 rings (SSSR count). The van der Waals surface area contributed by atoms with Crippen LogP contribution >= 0.6 is 23.5 Å². The van der Waals surface area contributed by atoms with Gasteiger partial charge >= 0.3 is 0 Å². The first-order chi connectivity index (χ1) is 6.37. The summed E-state index contributed by atoms with van der Waals surface area (Å²) >= 11 is 2.88. The van der Waals surface area contributed by atoms with Crippen LogP contribution in [0.2, 0.25) is 0 Å². The molecule has 0 saturated carbocycles. The van der Waals surface area contributed by atoms with Crippen molar-refractivity contribution in [3.8, 4) is 0 Å². The van der Waals surface area contributed by atoms with E-state index in [1.54, 1.807) is 11.8 Å². The summed E-state index contributed by atoms with van der Waals surface area (Å²) in [5, 5.41) is 2.84. The molecule has 1 atom stereocenters. The minimum absolute atomic E-state index is 0.0237. The lowest BCUT2D eigenvalue weighted by Crippen LogP contribution is -2.46. The van der Waals surface area contributed by atoms with Gasteiger partial charge in [-0.05, 0) is 0 Å². The third-order valence-electron chi connectivity index (χ3n) is 1.59. The number of amides is 1. The Morgan fingerprint density at radius 1 is 1.57 bits per heavy atom. The monoisotopic (exact) mass is 233 g/mol. The number of carbonyl (C=O) groups excluding carboxylic acids is 2. The fourth-order valence-corrected chi connectivity index (χ4v) is 2.61. The standard InChI is InChI=1S/C9H15NO2S2/c1-9(2,3)13-5-8(12)14-7-4-6(11)10-7/h7H,4-5H2,1-3H3,(H,10,11). The molecule has 0 aromatic rings. The van der Waals surface area contributed by atoms with Crippen LogP contribution in [0.25, 0.3) is 0 Å². The van der Waals surface area contributed by atoms with E-state index in [4.69, 9.17) is 0 Å². The summed E-state index contributed by atoms with van der Waals surface area (Å²) in [6.45, 7) is 6.25. The average molecular weight is 233 g/mol. The summed E-state index contributed by atoms with van der Waals surface area (Å²) < 4.78 is 0.124. The summed E-state index contributed by atoms with van der Waals surface area (Å²) in [7, 11) is 0. The van der Waals surface area contributed by atoms with E-state index in [-0.39, 0.29) is 21.1 Å². The van der Waals surface area contributed by atoms with Crippen LogP contribution in [-0.2, 0) is 9.59 Å². The Labute approximate surface area is 92.8 Å². The van der Waals surface area contributed by atoms with E-state index < -0.39 is 0 Å². The van der Waals surface area contributed by atoms with Gasteiger partial charge in [0.25, 0.3) is 0 Å². The maximum atomic E-state index is 11.4. The number of rotatable bonds is 3. The van der Waals surface area contributed by atoms with Crippen molar-refractivity contribution < 1.29 is 9.59 Å². The minimum Gasteiger partial charge on any atom is -0.343 e. The molecule has 0 aromatic heterocycles. The third kappa shape index (κ3) is 4.37. The topological polar surface area (TPSA) is 46.2 Å². The lowest BCUT2D eigenvalue weighted by atomic mass is 10.3. The van der Waals surface area contributed by atoms with Gasteiger partial charge in [-0.15, -0.1) is 11.8 Å². The van der Waals surface area contributed by atoms with Crippen LogP contribution in [0.5, 0.6) is 0 Å². The number of β-lactam (4-membered cyclic amide) rings is 1. The zero-order valence-corrected chi connectivity index (χ0v) is 10.3. The van der Waals surface area contributed by atoms with Gasteiger partial charge in [0.05, 0.1) is 17.5 Å². The average Bonchev–Trinajstić information content (AvgIpc) is 1.97. The van der Waals surface area contributed by atoms with Gasteiger partial charge in [0.2, 0.25) is 11.0 Å². The van der Waals surface area contributed by atoms with Crippen molar-refractivity contribution in [2.45, 2.75) is 37.3 Å². The van der Waals surface area contributed by atoms with E-state index in [2.05, 4.69) is 26.1 Å². The molecule has 1 N–H and O–H groups in total. The summed E-state index contributed by atoms with van der Waals surface area (Å²) in [4.78, 5) is 22.0. The lowest BCUT2D eigenvalue weighted by molar-refractivity contribution is -0.126. The SMILES string of the molecule is CC(C)(C)SCC(=O)SC1CC(=O)N1. The van der Waals surface area contributed by atoms with E-state index in [1.807, 2.05) is 0 Å². The van der Waals surface area contributed by atoms with Crippen LogP contribution in [-0.4, -0.2) is 26.9 Å². The van der Waals surface area contributed by atoms with E-state index >= 15 is 0 Å². The molecule has 1 fully saturated rings. The molecular formula is C9H15NO2S2. The molecule has 1 unspecified atom stereocenters. The van der Waals surface area contributed by atoms with Gasteiger partial charge in [-0.1, -0.05) is 32.5 Å². The summed E-state index contributed by atoms with van der Waals surface area (Å²) in [5.41, 5.74) is 0. The molecule has 1 aliphatic heterocycles. The van der Waals surface area contributed by atoms with Crippen molar-refractivity contribution >= 4 is 34.5 Å². The fourth-order valence-electron chi connectivity index (χ4n) is 0.866. The van der Waals surface area contributed by atoms with Crippen molar-refractivity contribution in [1.29, 1.82) is 0 Å². The highest BCUT2D eigenvalue weighted by molar-refractivity contribution is 8.16. The first kappa shape index (κ1) is 11.9. The smallest absolute Gasteiger partial charge is 0.223 e. The van der Waals surface area contributed by atoms with E-state index in [0.717, 1.165) is 0 Å². The van der Waals surface area contributed by atoms with Crippen molar-refractivity contribution in [3.05, 3.63) is 0 Å². The number of carbonyl (C=O) groups is 2. The largest absolute Gasteiger partial charge is 0.343 e. The van der Waals surface area contributed by atoms with Crippen LogP contribution in [0.15, 0.2) is 0 Å². The van der Waals surface area contributed by atoms with Gasteiger partial charge in [0.15, 0.2) is 0 Å². The van der Waals surface area contributed by atoms with E-state index in [9.17, 15) is 9.59 Å². The van der Waals surface area contributed by atoms with E-state index in [0.29, 0.717) is 12.2 Å².